The monoisotopic (exact) mass is 365 g/mol. The van der Waals surface area contributed by atoms with Crippen LogP contribution in [0.4, 0.5) is 11.6 Å². The van der Waals surface area contributed by atoms with Crippen molar-refractivity contribution in [2.75, 3.05) is 49.1 Å². The molecule has 1 amide bonds. The summed E-state index contributed by atoms with van der Waals surface area (Å²) in [6.07, 6.45) is 3.74. The largest absolute Gasteiger partial charge is 0.356 e. The third-order valence-electron chi connectivity index (χ3n) is 5.46. The maximum Gasteiger partial charge on any atom is 0.219 e. The molecule has 0 radical (unpaired) electrons. The van der Waals surface area contributed by atoms with Crippen LogP contribution in [0.1, 0.15) is 26.2 Å². The van der Waals surface area contributed by atoms with Crippen LogP contribution in [0.15, 0.2) is 36.4 Å². The molecule has 0 saturated carbocycles. The second kappa shape index (κ2) is 7.94. The van der Waals surface area contributed by atoms with E-state index in [1.165, 1.54) is 19.3 Å². The van der Waals surface area contributed by atoms with E-state index in [0.29, 0.717) is 0 Å². The van der Waals surface area contributed by atoms with E-state index in [9.17, 15) is 4.79 Å². The van der Waals surface area contributed by atoms with Gasteiger partial charge in [0.1, 0.15) is 11.6 Å². The van der Waals surface area contributed by atoms with Crippen LogP contribution in [0.5, 0.6) is 0 Å². The highest BCUT2D eigenvalue weighted by Crippen LogP contribution is 2.27. The Hall–Kier alpha value is -2.63. The summed E-state index contributed by atoms with van der Waals surface area (Å²) in [4.78, 5) is 27.9. The lowest BCUT2D eigenvalue weighted by molar-refractivity contribution is -0.129. The Morgan fingerprint density at radius 3 is 2.00 bits per heavy atom. The van der Waals surface area contributed by atoms with Crippen molar-refractivity contribution in [1.82, 2.24) is 14.9 Å². The Labute approximate surface area is 160 Å². The average Bonchev–Trinajstić information content (AvgIpc) is 2.75. The highest BCUT2D eigenvalue weighted by Gasteiger charge is 2.22. The smallest absolute Gasteiger partial charge is 0.219 e. The van der Waals surface area contributed by atoms with Crippen molar-refractivity contribution in [1.29, 1.82) is 0 Å². The Kier molecular flexibility index (Phi) is 5.23. The molecule has 6 heteroatoms. The molecular weight excluding hydrogens is 338 g/mol. The first kappa shape index (κ1) is 17.8. The van der Waals surface area contributed by atoms with E-state index in [1.807, 2.05) is 23.1 Å². The Bertz CT molecular complexity index is 780. The first-order valence-corrected chi connectivity index (χ1v) is 9.90. The number of nitrogens with zero attached hydrogens (tertiary/aromatic N) is 5. The molecule has 0 aliphatic carbocycles. The van der Waals surface area contributed by atoms with Crippen molar-refractivity contribution < 1.29 is 4.79 Å². The summed E-state index contributed by atoms with van der Waals surface area (Å²) in [6.45, 7) is 6.88. The van der Waals surface area contributed by atoms with Gasteiger partial charge in [-0.25, -0.2) is 9.97 Å². The van der Waals surface area contributed by atoms with E-state index in [0.717, 1.165) is 62.3 Å². The number of rotatable bonds is 3. The number of aromatic nitrogens is 2. The predicted octanol–water partition coefficient (Wildman–Crippen LogP) is 2.80. The van der Waals surface area contributed by atoms with Gasteiger partial charge in [-0.15, -0.1) is 0 Å². The number of benzene rings is 1. The minimum atomic E-state index is 0.149. The number of amides is 1. The molecule has 0 spiro atoms. The molecule has 2 fully saturated rings. The summed E-state index contributed by atoms with van der Waals surface area (Å²) in [5.41, 5.74) is 1.04. The molecule has 2 saturated heterocycles. The molecule has 142 valence electrons. The van der Waals surface area contributed by atoms with Gasteiger partial charge in [0.2, 0.25) is 5.91 Å². The molecule has 2 aliphatic rings. The van der Waals surface area contributed by atoms with Gasteiger partial charge in [0.25, 0.3) is 0 Å². The van der Waals surface area contributed by atoms with Crippen LogP contribution >= 0.6 is 0 Å². The van der Waals surface area contributed by atoms with Crippen LogP contribution in [0.25, 0.3) is 11.4 Å². The molecule has 3 heterocycles. The van der Waals surface area contributed by atoms with Gasteiger partial charge in [0.05, 0.1) is 0 Å². The highest BCUT2D eigenvalue weighted by atomic mass is 16.2. The normalized spacial score (nSPS) is 17.9. The molecule has 1 aromatic carbocycles. The van der Waals surface area contributed by atoms with Crippen molar-refractivity contribution in [2.24, 2.45) is 0 Å². The zero-order chi connectivity index (χ0) is 18.6. The van der Waals surface area contributed by atoms with Gasteiger partial charge < -0.3 is 14.7 Å². The van der Waals surface area contributed by atoms with Crippen LogP contribution in [0.3, 0.4) is 0 Å². The maximum absolute atomic E-state index is 11.6. The van der Waals surface area contributed by atoms with Crippen molar-refractivity contribution >= 4 is 17.5 Å². The summed E-state index contributed by atoms with van der Waals surface area (Å²) in [5, 5.41) is 0. The minimum Gasteiger partial charge on any atom is -0.356 e. The molecule has 0 atom stereocenters. The minimum absolute atomic E-state index is 0.149. The van der Waals surface area contributed by atoms with E-state index < -0.39 is 0 Å². The lowest BCUT2D eigenvalue weighted by atomic mass is 10.1. The first-order chi connectivity index (χ1) is 13.2. The number of piperazine rings is 1. The van der Waals surface area contributed by atoms with E-state index in [1.54, 1.807) is 6.92 Å². The van der Waals surface area contributed by atoms with Gasteiger partial charge in [-0.3, -0.25) is 4.79 Å². The summed E-state index contributed by atoms with van der Waals surface area (Å²) in [7, 11) is 0. The molecule has 6 nitrogen and oxygen atoms in total. The third-order valence-corrected chi connectivity index (χ3v) is 5.46. The molecule has 0 bridgehead atoms. The lowest BCUT2D eigenvalue weighted by Crippen LogP contribution is -2.48. The van der Waals surface area contributed by atoms with E-state index in [4.69, 9.17) is 9.97 Å². The van der Waals surface area contributed by atoms with Crippen molar-refractivity contribution in [3.63, 3.8) is 0 Å². The standard InChI is InChI=1S/C21H27N5O/c1-17(27)24-12-14-26(15-13-24)20-16-19(25-10-6-3-7-11-25)22-21(23-20)18-8-4-2-5-9-18/h2,4-5,8-9,16H,3,6-7,10-15H2,1H3. The zero-order valence-electron chi connectivity index (χ0n) is 16.0. The fraction of sp³-hybridized carbons (Fsp3) is 0.476. The van der Waals surface area contributed by atoms with E-state index in [2.05, 4.69) is 28.0 Å². The van der Waals surface area contributed by atoms with E-state index in [-0.39, 0.29) is 5.91 Å². The number of piperidine rings is 1. The first-order valence-electron chi connectivity index (χ1n) is 9.90. The van der Waals surface area contributed by atoms with Crippen LogP contribution < -0.4 is 9.80 Å². The Morgan fingerprint density at radius 2 is 1.41 bits per heavy atom. The second-order valence-corrected chi connectivity index (χ2v) is 7.31. The average molecular weight is 365 g/mol. The molecule has 27 heavy (non-hydrogen) atoms. The highest BCUT2D eigenvalue weighted by molar-refractivity contribution is 5.73. The topological polar surface area (TPSA) is 52.6 Å². The molecule has 1 aromatic heterocycles. The molecule has 2 aromatic rings. The van der Waals surface area contributed by atoms with Gasteiger partial charge in [-0.1, -0.05) is 30.3 Å². The predicted molar refractivity (Wildman–Crippen MR) is 108 cm³/mol. The second-order valence-electron chi connectivity index (χ2n) is 7.31. The summed E-state index contributed by atoms with van der Waals surface area (Å²) in [5.74, 6) is 2.92. The van der Waals surface area contributed by atoms with Gasteiger partial charge >= 0.3 is 0 Å². The quantitative estimate of drug-likeness (QED) is 0.837. The number of carbonyl (C=O) groups excluding carboxylic acids is 1. The fourth-order valence-corrected chi connectivity index (χ4v) is 3.84. The summed E-state index contributed by atoms with van der Waals surface area (Å²) < 4.78 is 0. The van der Waals surface area contributed by atoms with Crippen LogP contribution in [-0.2, 0) is 4.79 Å². The summed E-state index contributed by atoms with van der Waals surface area (Å²) >= 11 is 0. The van der Waals surface area contributed by atoms with Crippen molar-refractivity contribution in [3.05, 3.63) is 36.4 Å². The summed E-state index contributed by atoms with van der Waals surface area (Å²) in [6, 6.07) is 12.3. The Morgan fingerprint density at radius 1 is 0.815 bits per heavy atom. The van der Waals surface area contributed by atoms with Gasteiger partial charge in [-0.05, 0) is 19.3 Å². The van der Waals surface area contributed by atoms with Crippen molar-refractivity contribution in [2.45, 2.75) is 26.2 Å². The fourth-order valence-electron chi connectivity index (χ4n) is 3.84. The van der Waals surface area contributed by atoms with Crippen LogP contribution in [0.2, 0.25) is 0 Å². The molecule has 0 unspecified atom stereocenters. The molecule has 2 aliphatic heterocycles. The molecule has 0 N–H and O–H groups in total. The molecule has 4 rings (SSSR count). The zero-order valence-corrected chi connectivity index (χ0v) is 16.0. The Balaban J connectivity index is 1.65. The number of hydrogen-bond acceptors (Lipinski definition) is 5. The number of hydrogen-bond donors (Lipinski definition) is 0. The SMILES string of the molecule is CC(=O)N1CCN(c2cc(N3CCCCC3)nc(-c3ccccc3)n2)CC1. The maximum atomic E-state index is 11.6. The lowest BCUT2D eigenvalue weighted by Gasteiger charge is -2.35. The molecular formula is C21H27N5O. The number of anilines is 2. The number of carbonyl (C=O) groups is 1. The van der Waals surface area contributed by atoms with Crippen molar-refractivity contribution in [3.8, 4) is 11.4 Å². The van der Waals surface area contributed by atoms with Crippen LogP contribution in [0, 0.1) is 0 Å². The third kappa shape index (κ3) is 4.04. The van der Waals surface area contributed by atoms with Gasteiger partial charge in [-0.2, -0.15) is 0 Å². The van der Waals surface area contributed by atoms with Gasteiger partial charge in [0, 0.05) is 57.8 Å². The van der Waals surface area contributed by atoms with E-state index >= 15 is 0 Å². The van der Waals surface area contributed by atoms with Crippen LogP contribution in [-0.4, -0.2) is 60.0 Å². The van der Waals surface area contributed by atoms with Gasteiger partial charge in [0.15, 0.2) is 5.82 Å².